The molecule has 0 radical (unpaired) electrons. The fourth-order valence-electron chi connectivity index (χ4n) is 1.11. The Morgan fingerprint density at radius 3 is 2.08 bits per heavy atom. The number of aliphatic hydroxyl groups excluding tert-OH is 1. The van der Waals surface area contributed by atoms with E-state index in [0.29, 0.717) is 6.61 Å². The van der Waals surface area contributed by atoms with Gasteiger partial charge < -0.3 is 14.6 Å². The largest absolute Gasteiger partial charge is 0.396 e. The molecule has 0 amide bonds. The van der Waals surface area contributed by atoms with Gasteiger partial charge in [0.1, 0.15) is 0 Å². The van der Waals surface area contributed by atoms with E-state index in [2.05, 4.69) is 0 Å². The minimum Gasteiger partial charge on any atom is -0.396 e. The van der Waals surface area contributed by atoms with Gasteiger partial charge in [-0.05, 0) is 19.3 Å². The molecule has 0 unspecified atom stereocenters. The van der Waals surface area contributed by atoms with Crippen molar-refractivity contribution in [1.82, 2.24) is 0 Å². The van der Waals surface area contributed by atoms with Gasteiger partial charge in [-0.3, -0.25) is 0 Å². The molecule has 0 rings (SSSR count). The Labute approximate surface area is 74.7 Å². The Morgan fingerprint density at radius 2 is 1.58 bits per heavy atom. The van der Waals surface area contributed by atoms with Crippen LogP contribution in [0, 0.1) is 0 Å². The lowest BCUT2D eigenvalue weighted by molar-refractivity contribution is -0.107. The summed E-state index contributed by atoms with van der Waals surface area (Å²) in [6.45, 7) is 0.304. The van der Waals surface area contributed by atoms with Crippen LogP contribution >= 0.6 is 0 Å². The summed E-state index contributed by atoms with van der Waals surface area (Å²) in [4.78, 5) is 0. The first kappa shape index (κ1) is 11.9. The normalized spacial score (nSPS) is 11.0. The molecule has 0 fully saturated rings. The molecule has 0 saturated heterocycles. The highest BCUT2D eigenvalue weighted by Gasteiger charge is 2.02. The van der Waals surface area contributed by atoms with Gasteiger partial charge in [-0.15, -0.1) is 0 Å². The van der Waals surface area contributed by atoms with Gasteiger partial charge in [0.2, 0.25) is 0 Å². The van der Waals surface area contributed by atoms with Crippen LogP contribution in [0.25, 0.3) is 0 Å². The third-order valence-electron chi connectivity index (χ3n) is 1.87. The van der Waals surface area contributed by atoms with Crippen molar-refractivity contribution in [3.8, 4) is 0 Å². The van der Waals surface area contributed by atoms with Crippen LogP contribution in [-0.4, -0.2) is 32.2 Å². The molecule has 0 spiro atoms. The molecular formula is C9H20O3. The third-order valence-corrected chi connectivity index (χ3v) is 1.87. The number of aliphatic hydroxyl groups is 1. The maximum atomic E-state index is 8.52. The van der Waals surface area contributed by atoms with Gasteiger partial charge in [-0.2, -0.15) is 0 Å². The average molecular weight is 176 g/mol. The van der Waals surface area contributed by atoms with E-state index in [9.17, 15) is 0 Å². The van der Waals surface area contributed by atoms with E-state index in [-0.39, 0.29) is 6.29 Å². The molecule has 3 nitrogen and oxygen atoms in total. The molecule has 0 aromatic carbocycles. The zero-order chi connectivity index (χ0) is 9.23. The van der Waals surface area contributed by atoms with Crippen LogP contribution in [0.2, 0.25) is 0 Å². The lowest BCUT2D eigenvalue weighted by atomic mass is 10.1. The third kappa shape index (κ3) is 6.58. The van der Waals surface area contributed by atoms with E-state index in [1.807, 2.05) is 0 Å². The van der Waals surface area contributed by atoms with Crippen LogP contribution < -0.4 is 0 Å². The van der Waals surface area contributed by atoms with Gasteiger partial charge in [-0.25, -0.2) is 0 Å². The monoisotopic (exact) mass is 176 g/mol. The molecule has 1 N–H and O–H groups in total. The maximum Gasteiger partial charge on any atom is 0.156 e. The molecule has 0 aliphatic carbocycles. The van der Waals surface area contributed by atoms with Crippen LogP contribution in [0.3, 0.4) is 0 Å². The van der Waals surface area contributed by atoms with Crippen molar-refractivity contribution in [3.05, 3.63) is 0 Å². The fraction of sp³-hybridized carbons (Fsp3) is 1.00. The van der Waals surface area contributed by atoms with E-state index in [0.717, 1.165) is 32.1 Å². The molecule has 74 valence electrons. The zero-order valence-electron chi connectivity index (χ0n) is 8.08. The second kappa shape index (κ2) is 8.97. The number of methoxy groups -OCH3 is 2. The minimum atomic E-state index is -0.0564. The van der Waals surface area contributed by atoms with Gasteiger partial charge in [0.25, 0.3) is 0 Å². The fourth-order valence-corrected chi connectivity index (χ4v) is 1.11. The standard InChI is InChI=1S/C9H20O3/c1-11-9(12-2)7-5-3-4-6-8-10/h9-10H,3-8H2,1-2H3. The highest BCUT2D eigenvalue weighted by molar-refractivity contribution is 4.46. The first-order valence-electron chi connectivity index (χ1n) is 4.51. The van der Waals surface area contributed by atoms with E-state index in [1.54, 1.807) is 14.2 Å². The minimum absolute atomic E-state index is 0.0564. The van der Waals surface area contributed by atoms with Crippen molar-refractivity contribution >= 4 is 0 Å². The van der Waals surface area contributed by atoms with Crippen molar-refractivity contribution in [1.29, 1.82) is 0 Å². The molecule has 0 atom stereocenters. The van der Waals surface area contributed by atoms with E-state index >= 15 is 0 Å². The van der Waals surface area contributed by atoms with Crippen molar-refractivity contribution in [2.75, 3.05) is 20.8 Å². The van der Waals surface area contributed by atoms with Crippen LogP contribution in [0.4, 0.5) is 0 Å². The Balaban J connectivity index is 3.06. The highest BCUT2D eigenvalue weighted by atomic mass is 16.7. The van der Waals surface area contributed by atoms with Gasteiger partial charge in [-0.1, -0.05) is 12.8 Å². The summed E-state index contributed by atoms with van der Waals surface area (Å²) in [7, 11) is 3.31. The van der Waals surface area contributed by atoms with Crippen LogP contribution in [0.15, 0.2) is 0 Å². The lowest BCUT2D eigenvalue weighted by Gasteiger charge is -2.12. The first-order valence-corrected chi connectivity index (χ1v) is 4.51. The Hall–Kier alpha value is -0.120. The molecule has 0 aromatic heterocycles. The summed E-state index contributed by atoms with van der Waals surface area (Å²) < 4.78 is 10.1. The van der Waals surface area contributed by atoms with Gasteiger partial charge in [0, 0.05) is 20.8 Å². The Kier molecular flexibility index (Phi) is 8.88. The molecule has 3 heteroatoms. The Morgan fingerprint density at radius 1 is 1.00 bits per heavy atom. The predicted molar refractivity (Wildman–Crippen MR) is 48.0 cm³/mol. The molecule has 0 aliphatic heterocycles. The number of hydrogen-bond acceptors (Lipinski definition) is 3. The smallest absolute Gasteiger partial charge is 0.156 e. The first-order chi connectivity index (χ1) is 5.85. The predicted octanol–water partition coefficient (Wildman–Crippen LogP) is 1.55. The number of hydrogen-bond donors (Lipinski definition) is 1. The van der Waals surface area contributed by atoms with E-state index in [1.165, 1.54) is 0 Å². The average Bonchev–Trinajstić information content (AvgIpc) is 2.11. The second-order valence-corrected chi connectivity index (χ2v) is 2.83. The van der Waals surface area contributed by atoms with Crippen LogP contribution in [0.1, 0.15) is 32.1 Å². The molecule has 0 saturated carbocycles. The number of unbranched alkanes of at least 4 members (excludes halogenated alkanes) is 3. The van der Waals surface area contributed by atoms with Crippen molar-refractivity contribution in [2.24, 2.45) is 0 Å². The van der Waals surface area contributed by atoms with Gasteiger partial charge >= 0.3 is 0 Å². The van der Waals surface area contributed by atoms with E-state index < -0.39 is 0 Å². The van der Waals surface area contributed by atoms with Crippen molar-refractivity contribution in [2.45, 2.75) is 38.4 Å². The van der Waals surface area contributed by atoms with Crippen molar-refractivity contribution in [3.63, 3.8) is 0 Å². The molecule has 0 aliphatic rings. The Bertz CT molecular complexity index is 81.8. The molecule has 0 heterocycles. The summed E-state index contributed by atoms with van der Waals surface area (Å²) in [5.41, 5.74) is 0. The van der Waals surface area contributed by atoms with Crippen LogP contribution in [0.5, 0.6) is 0 Å². The number of ether oxygens (including phenoxy) is 2. The SMILES string of the molecule is COC(CCCCCCO)OC. The summed E-state index contributed by atoms with van der Waals surface area (Å²) >= 11 is 0. The van der Waals surface area contributed by atoms with Gasteiger partial charge in [0.15, 0.2) is 6.29 Å². The summed E-state index contributed by atoms with van der Waals surface area (Å²) in [6, 6.07) is 0. The lowest BCUT2D eigenvalue weighted by Crippen LogP contribution is -2.12. The molecule has 0 bridgehead atoms. The van der Waals surface area contributed by atoms with E-state index in [4.69, 9.17) is 14.6 Å². The summed E-state index contributed by atoms with van der Waals surface area (Å²) in [5, 5.41) is 8.52. The topological polar surface area (TPSA) is 38.7 Å². The zero-order valence-corrected chi connectivity index (χ0v) is 8.08. The molecule has 12 heavy (non-hydrogen) atoms. The maximum absolute atomic E-state index is 8.52. The second-order valence-electron chi connectivity index (χ2n) is 2.83. The summed E-state index contributed by atoms with van der Waals surface area (Å²) in [6.07, 6.45) is 5.13. The summed E-state index contributed by atoms with van der Waals surface area (Å²) in [5.74, 6) is 0. The number of rotatable bonds is 8. The van der Waals surface area contributed by atoms with Crippen molar-refractivity contribution < 1.29 is 14.6 Å². The molecule has 0 aromatic rings. The highest BCUT2D eigenvalue weighted by Crippen LogP contribution is 2.07. The van der Waals surface area contributed by atoms with Crippen LogP contribution in [-0.2, 0) is 9.47 Å². The quantitative estimate of drug-likeness (QED) is 0.450. The molecular weight excluding hydrogens is 156 g/mol. The van der Waals surface area contributed by atoms with Gasteiger partial charge in [0.05, 0.1) is 0 Å².